The normalized spacial score (nSPS) is 10.3. The van der Waals surface area contributed by atoms with Gasteiger partial charge < -0.3 is 5.32 Å². The second-order valence-corrected chi connectivity index (χ2v) is 4.96. The SMILES string of the molecule is O=C(Nc1cc(F)cc(F)c1F)c1ccc(I)cc1. The van der Waals surface area contributed by atoms with Crippen molar-refractivity contribution in [2.24, 2.45) is 0 Å². The molecular formula is C13H7F3INO. The minimum absolute atomic E-state index is 0.268. The molecule has 0 spiro atoms. The number of nitrogens with one attached hydrogen (secondary N) is 1. The van der Waals surface area contributed by atoms with E-state index in [9.17, 15) is 18.0 Å². The highest BCUT2D eigenvalue weighted by molar-refractivity contribution is 14.1. The van der Waals surface area contributed by atoms with Crippen LogP contribution in [0.25, 0.3) is 0 Å². The summed E-state index contributed by atoms with van der Waals surface area (Å²) in [5.41, 5.74) is -0.259. The van der Waals surface area contributed by atoms with E-state index in [1.165, 1.54) is 12.1 Å². The van der Waals surface area contributed by atoms with E-state index in [0.717, 1.165) is 9.64 Å². The molecule has 0 aromatic heterocycles. The van der Waals surface area contributed by atoms with Crippen LogP contribution in [0.3, 0.4) is 0 Å². The molecule has 0 bridgehead atoms. The van der Waals surface area contributed by atoms with E-state index >= 15 is 0 Å². The molecule has 0 fully saturated rings. The van der Waals surface area contributed by atoms with E-state index in [1.807, 2.05) is 0 Å². The van der Waals surface area contributed by atoms with Gasteiger partial charge in [-0.05, 0) is 46.9 Å². The largest absolute Gasteiger partial charge is 0.319 e. The van der Waals surface area contributed by atoms with Gasteiger partial charge >= 0.3 is 0 Å². The topological polar surface area (TPSA) is 29.1 Å². The second-order valence-electron chi connectivity index (χ2n) is 3.71. The van der Waals surface area contributed by atoms with Gasteiger partial charge in [0.1, 0.15) is 5.82 Å². The number of carbonyl (C=O) groups excluding carboxylic acids is 1. The number of hydrogen-bond donors (Lipinski definition) is 1. The van der Waals surface area contributed by atoms with E-state index < -0.39 is 29.0 Å². The van der Waals surface area contributed by atoms with Gasteiger partial charge in [-0.1, -0.05) is 0 Å². The Kier molecular flexibility index (Phi) is 4.08. The van der Waals surface area contributed by atoms with Crippen molar-refractivity contribution in [2.75, 3.05) is 5.32 Å². The molecule has 0 atom stereocenters. The number of hydrogen-bond acceptors (Lipinski definition) is 1. The van der Waals surface area contributed by atoms with Crippen LogP contribution in [0.2, 0.25) is 0 Å². The Hall–Kier alpha value is -1.57. The summed E-state index contributed by atoms with van der Waals surface area (Å²) in [6.45, 7) is 0. The predicted molar refractivity (Wildman–Crippen MR) is 73.4 cm³/mol. The first kappa shape index (κ1) is 13.9. The van der Waals surface area contributed by atoms with Crippen LogP contribution in [0.1, 0.15) is 10.4 Å². The Balaban J connectivity index is 2.26. The fourth-order valence-electron chi connectivity index (χ4n) is 1.44. The molecule has 19 heavy (non-hydrogen) atoms. The van der Waals surface area contributed by atoms with E-state index in [2.05, 4.69) is 27.9 Å². The highest BCUT2D eigenvalue weighted by atomic mass is 127. The summed E-state index contributed by atoms with van der Waals surface area (Å²) in [4.78, 5) is 11.8. The number of carbonyl (C=O) groups is 1. The molecule has 0 aliphatic carbocycles. The molecule has 6 heteroatoms. The number of halogens is 4. The van der Waals surface area contributed by atoms with Gasteiger partial charge in [-0.15, -0.1) is 0 Å². The van der Waals surface area contributed by atoms with Crippen LogP contribution in [0.15, 0.2) is 36.4 Å². The molecular weight excluding hydrogens is 370 g/mol. The molecule has 2 rings (SSSR count). The zero-order valence-corrected chi connectivity index (χ0v) is 11.5. The molecule has 0 aliphatic heterocycles. The van der Waals surface area contributed by atoms with Gasteiger partial charge in [-0.2, -0.15) is 0 Å². The van der Waals surface area contributed by atoms with Gasteiger partial charge in [0.2, 0.25) is 0 Å². The molecule has 0 saturated heterocycles. The van der Waals surface area contributed by atoms with Crippen LogP contribution in [-0.2, 0) is 0 Å². The highest BCUT2D eigenvalue weighted by Gasteiger charge is 2.14. The highest BCUT2D eigenvalue weighted by Crippen LogP contribution is 2.20. The van der Waals surface area contributed by atoms with Crippen molar-refractivity contribution in [1.82, 2.24) is 0 Å². The molecule has 2 aromatic carbocycles. The average molecular weight is 377 g/mol. The number of rotatable bonds is 2. The summed E-state index contributed by atoms with van der Waals surface area (Å²) in [7, 11) is 0. The fourth-order valence-corrected chi connectivity index (χ4v) is 1.80. The lowest BCUT2D eigenvalue weighted by atomic mass is 10.2. The van der Waals surface area contributed by atoms with Crippen molar-refractivity contribution in [3.8, 4) is 0 Å². The number of amides is 1. The predicted octanol–water partition coefficient (Wildman–Crippen LogP) is 3.96. The first-order valence-corrected chi connectivity index (χ1v) is 6.26. The second kappa shape index (κ2) is 5.60. The summed E-state index contributed by atoms with van der Waals surface area (Å²) in [5, 5.41) is 2.13. The fraction of sp³-hybridized carbons (Fsp3) is 0. The van der Waals surface area contributed by atoms with Crippen molar-refractivity contribution in [3.05, 3.63) is 63.0 Å². The summed E-state index contributed by atoms with van der Waals surface area (Å²) in [6, 6.07) is 7.59. The smallest absolute Gasteiger partial charge is 0.255 e. The summed E-state index contributed by atoms with van der Waals surface area (Å²) >= 11 is 2.07. The van der Waals surface area contributed by atoms with Gasteiger partial charge in [0.25, 0.3) is 5.91 Å². The van der Waals surface area contributed by atoms with Crippen molar-refractivity contribution >= 4 is 34.2 Å². The average Bonchev–Trinajstić information content (AvgIpc) is 2.36. The van der Waals surface area contributed by atoms with Crippen molar-refractivity contribution in [1.29, 1.82) is 0 Å². The van der Waals surface area contributed by atoms with Crippen molar-refractivity contribution in [3.63, 3.8) is 0 Å². The lowest BCUT2D eigenvalue weighted by Gasteiger charge is -2.07. The third-order valence-corrected chi connectivity index (χ3v) is 3.07. The van der Waals surface area contributed by atoms with Gasteiger partial charge in [-0.25, -0.2) is 13.2 Å². The van der Waals surface area contributed by atoms with E-state index in [-0.39, 0.29) is 5.56 Å². The van der Waals surface area contributed by atoms with Crippen LogP contribution >= 0.6 is 22.6 Å². The Morgan fingerprint density at radius 1 is 1.05 bits per heavy atom. The molecule has 1 N–H and O–H groups in total. The lowest BCUT2D eigenvalue weighted by Crippen LogP contribution is -2.13. The van der Waals surface area contributed by atoms with Crippen molar-refractivity contribution < 1.29 is 18.0 Å². The van der Waals surface area contributed by atoms with Crippen LogP contribution in [-0.4, -0.2) is 5.91 Å². The lowest BCUT2D eigenvalue weighted by molar-refractivity contribution is 0.102. The molecule has 0 heterocycles. The molecule has 2 aromatic rings. The number of anilines is 1. The Morgan fingerprint density at radius 3 is 2.32 bits per heavy atom. The van der Waals surface area contributed by atoms with Crippen LogP contribution in [0.5, 0.6) is 0 Å². The molecule has 2 nitrogen and oxygen atoms in total. The van der Waals surface area contributed by atoms with Crippen LogP contribution in [0.4, 0.5) is 18.9 Å². The zero-order valence-electron chi connectivity index (χ0n) is 9.38. The minimum atomic E-state index is -1.35. The third-order valence-electron chi connectivity index (χ3n) is 2.35. The van der Waals surface area contributed by atoms with Gasteiger partial charge in [0.05, 0.1) is 5.69 Å². The summed E-state index contributed by atoms with van der Waals surface area (Å²) in [6.07, 6.45) is 0. The summed E-state index contributed by atoms with van der Waals surface area (Å²) < 4.78 is 40.2. The standard InChI is InChI=1S/C13H7F3INO/c14-8-5-10(15)12(16)11(6-8)18-13(19)7-1-3-9(17)4-2-7/h1-6H,(H,18,19). The van der Waals surface area contributed by atoms with E-state index in [4.69, 9.17) is 0 Å². The van der Waals surface area contributed by atoms with E-state index in [0.29, 0.717) is 6.07 Å². The maximum Gasteiger partial charge on any atom is 0.255 e. The Labute approximate surface area is 120 Å². The first-order chi connectivity index (χ1) is 8.97. The quantitative estimate of drug-likeness (QED) is 0.623. The molecule has 0 radical (unpaired) electrons. The zero-order chi connectivity index (χ0) is 14.0. The summed E-state index contributed by atoms with van der Waals surface area (Å²) in [5.74, 6) is -4.24. The molecule has 0 aliphatic rings. The van der Waals surface area contributed by atoms with Crippen LogP contribution in [0, 0.1) is 21.0 Å². The van der Waals surface area contributed by atoms with Gasteiger partial charge in [-0.3, -0.25) is 4.79 Å². The third kappa shape index (κ3) is 3.25. The van der Waals surface area contributed by atoms with E-state index in [1.54, 1.807) is 12.1 Å². The first-order valence-electron chi connectivity index (χ1n) is 5.19. The van der Waals surface area contributed by atoms with Crippen molar-refractivity contribution in [2.45, 2.75) is 0 Å². The Morgan fingerprint density at radius 2 is 1.68 bits per heavy atom. The maximum atomic E-state index is 13.4. The minimum Gasteiger partial charge on any atom is -0.319 e. The molecule has 0 saturated carbocycles. The maximum absolute atomic E-state index is 13.4. The number of benzene rings is 2. The van der Waals surface area contributed by atoms with Gasteiger partial charge in [0.15, 0.2) is 11.6 Å². The van der Waals surface area contributed by atoms with Crippen LogP contribution < -0.4 is 5.32 Å². The molecule has 0 unspecified atom stereocenters. The molecule has 1 amide bonds. The van der Waals surface area contributed by atoms with Gasteiger partial charge in [0, 0.05) is 21.3 Å². The Bertz CT molecular complexity index is 629. The molecule has 98 valence electrons. The monoisotopic (exact) mass is 377 g/mol.